The summed E-state index contributed by atoms with van der Waals surface area (Å²) in [6, 6.07) is 5.96. The Morgan fingerprint density at radius 2 is 0.886 bits per heavy atom. The molecule has 2 aromatic heterocycles. The predicted molar refractivity (Wildman–Crippen MR) is 290 cm³/mol. The largest absolute Gasteiger partial charge is 0.493 e. The van der Waals surface area contributed by atoms with E-state index < -0.39 is 0 Å². The van der Waals surface area contributed by atoms with Crippen LogP contribution in [-0.2, 0) is 0 Å². The summed E-state index contributed by atoms with van der Waals surface area (Å²) >= 11 is 0. The third-order valence-corrected chi connectivity index (χ3v) is 14.9. The zero-order chi connectivity index (χ0) is 49.7. The lowest BCUT2D eigenvalue weighted by Gasteiger charge is -2.38. The van der Waals surface area contributed by atoms with Crippen LogP contribution in [0.4, 0.5) is 35.7 Å². The molecule has 0 aliphatic carbocycles. The van der Waals surface area contributed by atoms with Crippen molar-refractivity contribution in [1.82, 2.24) is 29.9 Å². The van der Waals surface area contributed by atoms with E-state index in [-0.39, 0.29) is 0 Å². The monoisotopic (exact) mass is 971 g/mol. The van der Waals surface area contributed by atoms with Gasteiger partial charge in [-0.15, -0.1) is 0 Å². The molecule has 0 saturated carbocycles. The van der Waals surface area contributed by atoms with E-state index in [9.17, 15) is 0 Å². The second kappa shape index (κ2) is 29.1. The van der Waals surface area contributed by atoms with Crippen LogP contribution in [0.5, 0.6) is 17.2 Å². The maximum Gasteiger partial charge on any atom is 0.231 e. The van der Waals surface area contributed by atoms with Crippen LogP contribution in [0.3, 0.4) is 0 Å². The molecule has 3 aliphatic rings. The van der Waals surface area contributed by atoms with E-state index >= 15 is 0 Å². The lowest BCUT2D eigenvalue weighted by molar-refractivity contribution is 0.276. The number of nitrogens with zero attached hydrogens (tertiary/aromatic N) is 12. The average molecular weight is 971 g/mol. The second-order valence-electron chi connectivity index (χ2n) is 21.1. The molecule has 392 valence electrons. The first kappa shape index (κ1) is 54.8. The Labute approximate surface area is 423 Å². The molecule has 3 saturated heterocycles. The van der Waals surface area contributed by atoms with E-state index in [2.05, 4.69) is 92.0 Å². The summed E-state index contributed by atoms with van der Waals surface area (Å²) in [5, 5.41) is 0. The highest BCUT2D eigenvalue weighted by molar-refractivity contribution is 5.48. The fraction of sp³-hybridized carbons (Fsp3) is 0.782. The van der Waals surface area contributed by atoms with Crippen molar-refractivity contribution in [3.63, 3.8) is 0 Å². The zero-order valence-corrected chi connectivity index (χ0v) is 45.3. The normalized spacial score (nSPS) is 18.0. The quantitative estimate of drug-likeness (QED) is 0.0588. The number of hydrogen-bond donors (Lipinski definition) is 0. The van der Waals surface area contributed by atoms with Crippen molar-refractivity contribution in [1.29, 1.82) is 0 Å². The molecule has 2 unspecified atom stereocenters. The average Bonchev–Trinajstić information content (AvgIpc) is 3.37. The summed E-state index contributed by atoms with van der Waals surface area (Å²) in [6.45, 7) is 27.4. The van der Waals surface area contributed by atoms with Crippen LogP contribution in [0.2, 0.25) is 0 Å². The Hall–Kier alpha value is -4.56. The number of hydrogen-bond acceptors (Lipinski definition) is 15. The Kier molecular flexibility index (Phi) is 22.8. The van der Waals surface area contributed by atoms with E-state index in [0.717, 1.165) is 207 Å². The summed E-state index contributed by atoms with van der Waals surface area (Å²) in [5.74, 6) is 9.96. The van der Waals surface area contributed by atoms with Gasteiger partial charge in [-0.1, -0.05) is 80.6 Å². The van der Waals surface area contributed by atoms with Gasteiger partial charge in [0.1, 0.15) is 17.2 Å². The Morgan fingerprint density at radius 3 is 1.39 bits per heavy atom. The van der Waals surface area contributed by atoms with Gasteiger partial charge in [0.05, 0.1) is 19.8 Å². The summed E-state index contributed by atoms with van der Waals surface area (Å²) < 4.78 is 18.5. The van der Waals surface area contributed by atoms with E-state index in [1.807, 2.05) is 18.2 Å². The third kappa shape index (κ3) is 17.1. The molecule has 3 aliphatic heterocycles. The number of aromatic nitrogens is 6. The zero-order valence-electron chi connectivity index (χ0n) is 45.3. The molecule has 0 N–H and O–H groups in total. The first-order valence-corrected chi connectivity index (χ1v) is 28.0. The lowest BCUT2D eigenvalue weighted by Crippen LogP contribution is -2.42. The fourth-order valence-electron chi connectivity index (χ4n) is 9.64. The van der Waals surface area contributed by atoms with Gasteiger partial charge in [0.15, 0.2) is 0 Å². The summed E-state index contributed by atoms with van der Waals surface area (Å²) in [4.78, 5) is 45.0. The molecule has 15 heteroatoms. The van der Waals surface area contributed by atoms with E-state index in [0.29, 0.717) is 31.7 Å². The molecule has 0 radical (unpaired) electrons. The molecule has 5 heterocycles. The summed E-state index contributed by atoms with van der Waals surface area (Å²) in [5.41, 5.74) is 0. The smallest absolute Gasteiger partial charge is 0.231 e. The van der Waals surface area contributed by atoms with Gasteiger partial charge in [-0.3, -0.25) is 0 Å². The summed E-state index contributed by atoms with van der Waals surface area (Å²) in [6.07, 6.45) is 18.7. The molecular weight excluding hydrogens is 877 g/mol. The molecule has 0 spiro atoms. The van der Waals surface area contributed by atoms with E-state index in [4.69, 9.17) is 44.1 Å². The fourth-order valence-corrected chi connectivity index (χ4v) is 9.64. The van der Waals surface area contributed by atoms with Gasteiger partial charge in [0, 0.05) is 97.7 Å². The van der Waals surface area contributed by atoms with Crippen molar-refractivity contribution < 1.29 is 14.2 Å². The van der Waals surface area contributed by atoms with E-state index in [1.54, 1.807) is 0 Å². The van der Waals surface area contributed by atoms with Gasteiger partial charge >= 0.3 is 0 Å². The molecule has 3 aromatic rings. The summed E-state index contributed by atoms with van der Waals surface area (Å²) in [7, 11) is 4.25. The van der Waals surface area contributed by atoms with Gasteiger partial charge in [-0.2, -0.15) is 29.9 Å². The van der Waals surface area contributed by atoms with Crippen molar-refractivity contribution in [2.75, 3.05) is 129 Å². The minimum Gasteiger partial charge on any atom is -0.493 e. The first-order valence-electron chi connectivity index (χ1n) is 28.0. The van der Waals surface area contributed by atoms with Gasteiger partial charge in [-0.05, 0) is 101 Å². The molecule has 1 aromatic carbocycles. The van der Waals surface area contributed by atoms with Crippen molar-refractivity contribution in [2.45, 2.75) is 158 Å². The molecule has 0 amide bonds. The lowest BCUT2D eigenvalue weighted by atomic mass is 9.83. The molecule has 6 rings (SSSR count). The maximum absolute atomic E-state index is 6.38. The molecule has 15 nitrogen and oxygen atoms in total. The first-order chi connectivity index (χ1) is 34.1. The number of ether oxygens (including phenoxy) is 3. The topological polar surface area (TPSA) is 124 Å². The number of rotatable bonds is 30. The number of benzene rings is 1. The minimum absolute atomic E-state index is 0.557. The maximum atomic E-state index is 6.38. The standard InChI is InChI=1S/C55H94N12O3/c1-10-14-27-62(8)50-56-51(58-52(57-50)64(29-15-11-2)30-20-38-70-49-40-47(68-36-16-12-3)39-48(41-49)69-37-17-13-4)63(9)28-19-18-21-46-42-67(35-26-45(46)7)55-60-53(65-31-22-43(5)23-32-65)59-54(61-55)66-33-24-44(6)25-34-66/h39-41,43-46H,10-38,42H2,1-9H3. The minimum atomic E-state index is 0.557. The van der Waals surface area contributed by atoms with Crippen LogP contribution in [0.25, 0.3) is 0 Å². The predicted octanol–water partition coefficient (Wildman–Crippen LogP) is 11.0. The van der Waals surface area contributed by atoms with Crippen LogP contribution in [0.15, 0.2) is 18.2 Å². The van der Waals surface area contributed by atoms with Crippen LogP contribution in [0, 0.1) is 23.7 Å². The SMILES string of the molecule is CCCCOc1cc(OCCCC)cc(OCCCN(CCCC)c2nc(N(C)CCCC)nc(N(C)CCCCC3CN(c4nc(N5CCC(C)CC5)nc(N5CCC(C)CC5)n4)CCC3C)n2)c1. The van der Waals surface area contributed by atoms with Gasteiger partial charge < -0.3 is 43.6 Å². The number of piperidine rings is 3. The van der Waals surface area contributed by atoms with Crippen molar-refractivity contribution >= 4 is 35.7 Å². The van der Waals surface area contributed by atoms with Gasteiger partial charge in [0.2, 0.25) is 35.7 Å². The molecule has 0 bridgehead atoms. The number of anilines is 6. The highest BCUT2D eigenvalue weighted by Crippen LogP contribution is 2.33. The second-order valence-corrected chi connectivity index (χ2v) is 21.1. The van der Waals surface area contributed by atoms with E-state index in [1.165, 1.54) is 32.1 Å². The third-order valence-electron chi connectivity index (χ3n) is 14.9. The molecule has 2 atom stereocenters. The number of unbranched alkanes of at least 4 members (excludes halogenated alkanes) is 5. The highest BCUT2D eigenvalue weighted by Gasteiger charge is 2.30. The Morgan fingerprint density at radius 1 is 0.471 bits per heavy atom. The van der Waals surface area contributed by atoms with Crippen molar-refractivity contribution in [3.05, 3.63) is 18.2 Å². The van der Waals surface area contributed by atoms with Gasteiger partial charge in [-0.25, -0.2) is 0 Å². The molecule has 70 heavy (non-hydrogen) atoms. The Balaban J connectivity index is 1.09. The van der Waals surface area contributed by atoms with Crippen molar-refractivity contribution in [2.24, 2.45) is 23.7 Å². The van der Waals surface area contributed by atoms with Crippen LogP contribution >= 0.6 is 0 Å². The van der Waals surface area contributed by atoms with Gasteiger partial charge in [0.25, 0.3) is 0 Å². The van der Waals surface area contributed by atoms with Crippen molar-refractivity contribution in [3.8, 4) is 17.2 Å². The van der Waals surface area contributed by atoms with Crippen LogP contribution in [0.1, 0.15) is 158 Å². The van der Waals surface area contributed by atoms with Crippen LogP contribution < -0.4 is 43.6 Å². The van der Waals surface area contributed by atoms with Crippen LogP contribution in [-0.4, -0.2) is 129 Å². The molecule has 3 fully saturated rings. The highest BCUT2D eigenvalue weighted by atomic mass is 16.5. The Bertz CT molecular complexity index is 1870. The molecular formula is C55H94N12O3.